The zero-order valence-corrected chi connectivity index (χ0v) is 16.1. The number of nitrogens with one attached hydrogen (secondary N) is 1. The maximum atomic E-state index is 12.7. The van der Waals surface area contributed by atoms with Gasteiger partial charge in [0, 0.05) is 32.7 Å². The zero-order valence-electron chi connectivity index (χ0n) is 15.3. The molecule has 0 aliphatic carbocycles. The molecule has 1 aromatic carbocycles. The average Bonchev–Trinajstić information content (AvgIpc) is 3.14. The number of amides is 1. The highest BCUT2D eigenvalue weighted by molar-refractivity contribution is 7.89. The van der Waals surface area contributed by atoms with Crippen molar-refractivity contribution in [3.05, 3.63) is 29.8 Å². The van der Waals surface area contributed by atoms with Gasteiger partial charge in [-0.15, -0.1) is 0 Å². The minimum atomic E-state index is -3.44. The van der Waals surface area contributed by atoms with Crippen LogP contribution in [0.3, 0.4) is 0 Å². The Bertz CT molecular complexity index is 704. The molecule has 1 atom stereocenters. The topological polar surface area (TPSA) is 75.7 Å². The van der Waals surface area contributed by atoms with Crippen LogP contribution in [-0.2, 0) is 19.6 Å². The Morgan fingerprint density at radius 1 is 1.19 bits per heavy atom. The summed E-state index contributed by atoms with van der Waals surface area (Å²) in [6.45, 7) is 4.25. The Hall–Kier alpha value is -1.44. The SMILES string of the molecule is Cc1ccc(S(=O)(=O)N2CCC(CC(=O)NC[C@@H]3CCCO3)CC2)cc1. The van der Waals surface area contributed by atoms with Crippen LogP contribution in [0.15, 0.2) is 29.2 Å². The summed E-state index contributed by atoms with van der Waals surface area (Å²) in [6, 6.07) is 6.96. The molecule has 2 fully saturated rings. The Kier molecular flexibility index (Phi) is 6.32. The molecular formula is C19H28N2O4S. The van der Waals surface area contributed by atoms with E-state index in [4.69, 9.17) is 4.74 Å². The highest BCUT2D eigenvalue weighted by atomic mass is 32.2. The van der Waals surface area contributed by atoms with E-state index in [2.05, 4.69) is 5.32 Å². The molecule has 144 valence electrons. The average molecular weight is 381 g/mol. The minimum absolute atomic E-state index is 0.0420. The summed E-state index contributed by atoms with van der Waals surface area (Å²) in [6.07, 6.45) is 4.13. The van der Waals surface area contributed by atoms with E-state index in [1.807, 2.05) is 19.1 Å². The lowest BCUT2D eigenvalue weighted by atomic mass is 9.94. The summed E-state index contributed by atoms with van der Waals surface area (Å²) < 4.78 is 32.5. The van der Waals surface area contributed by atoms with Crippen molar-refractivity contribution in [2.45, 2.75) is 50.0 Å². The largest absolute Gasteiger partial charge is 0.376 e. The molecule has 0 saturated carbocycles. The van der Waals surface area contributed by atoms with Crippen LogP contribution in [-0.4, -0.2) is 51.0 Å². The third-order valence-corrected chi connectivity index (χ3v) is 7.17. The van der Waals surface area contributed by atoms with Crippen LogP contribution in [0.2, 0.25) is 0 Å². The predicted molar refractivity (Wildman–Crippen MR) is 99.3 cm³/mol. The molecule has 2 saturated heterocycles. The van der Waals surface area contributed by atoms with Crippen LogP contribution < -0.4 is 5.32 Å². The summed E-state index contributed by atoms with van der Waals surface area (Å²) in [5, 5.41) is 2.95. The van der Waals surface area contributed by atoms with E-state index in [9.17, 15) is 13.2 Å². The number of piperidine rings is 1. The lowest BCUT2D eigenvalue weighted by molar-refractivity contribution is -0.122. The standard InChI is InChI=1S/C19H28N2O4S/c1-15-4-6-18(7-5-15)26(23,24)21-10-8-16(9-11-21)13-19(22)20-14-17-3-2-12-25-17/h4-7,16-17H,2-3,8-14H2,1H3,(H,20,22)/t17-/m0/s1. The van der Waals surface area contributed by atoms with E-state index >= 15 is 0 Å². The fourth-order valence-electron chi connectivity index (χ4n) is 3.58. The van der Waals surface area contributed by atoms with Crippen molar-refractivity contribution in [1.29, 1.82) is 0 Å². The number of aryl methyl sites for hydroxylation is 1. The van der Waals surface area contributed by atoms with Crippen molar-refractivity contribution in [3.63, 3.8) is 0 Å². The van der Waals surface area contributed by atoms with E-state index in [0.717, 1.165) is 37.9 Å². The first-order chi connectivity index (χ1) is 12.4. The number of carbonyl (C=O) groups is 1. The van der Waals surface area contributed by atoms with Crippen molar-refractivity contribution in [2.24, 2.45) is 5.92 Å². The molecule has 0 bridgehead atoms. The molecule has 1 aromatic rings. The van der Waals surface area contributed by atoms with Crippen molar-refractivity contribution < 1.29 is 17.9 Å². The van der Waals surface area contributed by atoms with Gasteiger partial charge >= 0.3 is 0 Å². The van der Waals surface area contributed by atoms with Crippen molar-refractivity contribution in [3.8, 4) is 0 Å². The number of carbonyl (C=O) groups excluding carboxylic acids is 1. The molecule has 1 amide bonds. The molecule has 0 radical (unpaired) electrons. The molecule has 0 unspecified atom stereocenters. The normalized spacial score (nSPS) is 22.4. The van der Waals surface area contributed by atoms with Gasteiger partial charge in [0.1, 0.15) is 0 Å². The van der Waals surface area contributed by atoms with Crippen LogP contribution in [0.4, 0.5) is 0 Å². The number of benzene rings is 1. The molecule has 3 rings (SSSR count). The van der Waals surface area contributed by atoms with Gasteiger partial charge in [-0.05, 0) is 50.7 Å². The number of hydrogen-bond donors (Lipinski definition) is 1. The van der Waals surface area contributed by atoms with Gasteiger partial charge < -0.3 is 10.1 Å². The smallest absolute Gasteiger partial charge is 0.243 e. The molecule has 0 aromatic heterocycles. The second-order valence-electron chi connectivity index (χ2n) is 7.30. The fraction of sp³-hybridized carbons (Fsp3) is 0.632. The van der Waals surface area contributed by atoms with E-state index in [1.165, 1.54) is 0 Å². The Morgan fingerprint density at radius 3 is 2.50 bits per heavy atom. The summed E-state index contributed by atoms with van der Waals surface area (Å²) in [5.41, 5.74) is 1.04. The predicted octanol–water partition coefficient (Wildman–Crippen LogP) is 2.08. The molecular weight excluding hydrogens is 352 g/mol. The monoisotopic (exact) mass is 380 g/mol. The fourth-order valence-corrected chi connectivity index (χ4v) is 5.05. The van der Waals surface area contributed by atoms with Gasteiger partial charge in [0.15, 0.2) is 0 Å². The Morgan fingerprint density at radius 2 is 1.88 bits per heavy atom. The molecule has 7 heteroatoms. The van der Waals surface area contributed by atoms with E-state index in [1.54, 1.807) is 16.4 Å². The number of ether oxygens (including phenoxy) is 1. The summed E-state index contributed by atoms with van der Waals surface area (Å²) >= 11 is 0. The second kappa shape index (κ2) is 8.50. The first-order valence-electron chi connectivity index (χ1n) is 9.40. The van der Waals surface area contributed by atoms with Gasteiger partial charge in [-0.1, -0.05) is 17.7 Å². The van der Waals surface area contributed by atoms with Crippen LogP contribution in [0.25, 0.3) is 0 Å². The van der Waals surface area contributed by atoms with Crippen molar-refractivity contribution in [2.75, 3.05) is 26.2 Å². The highest BCUT2D eigenvalue weighted by Crippen LogP contribution is 2.25. The number of rotatable bonds is 6. The lowest BCUT2D eigenvalue weighted by Crippen LogP contribution is -2.40. The van der Waals surface area contributed by atoms with Gasteiger partial charge in [0.2, 0.25) is 15.9 Å². The summed E-state index contributed by atoms with van der Waals surface area (Å²) in [7, 11) is -3.44. The van der Waals surface area contributed by atoms with Gasteiger partial charge in [0.25, 0.3) is 0 Å². The molecule has 2 aliphatic heterocycles. The molecule has 1 N–H and O–H groups in total. The van der Waals surface area contributed by atoms with Crippen molar-refractivity contribution in [1.82, 2.24) is 9.62 Å². The van der Waals surface area contributed by atoms with E-state index < -0.39 is 10.0 Å². The summed E-state index contributed by atoms with van der Waals surface area (Å²) in [5.74, 6) is 0.282. The van der Waals surface area contributed by atoms with Crippen molar-refractivity contribution >= 4 is 15.9 Å². The van der Waals surface area contributed by atoms with E-state index in [0.29, 0.717) is 31.0 Å². The van der Waals surface area contributed by atoms with Gasteiger partial charge in [0.05, 0.1) is 11.0 Å². The third kappa shape index (κ3) is 4.84. The Balaban J connectivity index is 1.46. The molecule has 26 heavy (non-hydrogen) atoms. The first-order valence-corrected chi connectivity index (χ1v) is 10.8. The Labute approximate surface area is 156 Å². The van der Waals surface area contributed by atoms with Gasteiger partial charge in [-0.3, -0.25) is 4.79 Å². The van der Waals surface area contributed by atoms with Crippen LogP contribution in [0.1, 0.15) is 37.7 Å². The first kappa shape index (κ1) is 19.3. The summed E-state index contributed by atoms with van der Waals surface area (Å²) in [4.78, 5) is 12.4. The van der Waals surface area contributed by atoms with Crippen LogP contribution >= 0.6 is 0 Å². The van der Waals surface area contributed by atoms with E-state index in [-0.39, 0.29) is 17.9 Å². The van der Waals surface area contributed by atoms with Gasteiger partial charge in [-0.2, -0.15) is 4.31 Å². The maximum absolute atomic E-state index is 12.7. The number of hydrogen-bond acceptors (Lipinski definition) is 4. The molecule has 2 heterocycles. The molecule has 0 spiro atoms. The van der Waals surface area contributed by atoms with Crippen LogP contribution in [0, 0.1) is 12.8 Å². The number of nitrogens with zero attached hydrogens (tertiary/aromatic N) is 1. The zero-order chi connectivity index (χ0) is 18.6. The highest BCUT2D eigenvalue weighted by Gasteiger charge is 2.30. The lowest BCUT2D eigenvalue weighted by Gasteiger charge is -2.31. The molecule has 2 aliphatic rings. The molecule has 6 nitrogen and oxygen atoms in total. The minimum Gasteiger partial charge on any atom is -0.376 e. The van der Waals surface area contributed by atoms with Crippen LogP contribution in [0.5, 0.6) is 0 Å². The maximum Gasteiger partial charge on any atom is 0.243 e. The second-order valence-corrected chi connectivity index (χ2v) is 9.24. The number of sulfonamides is 1. The van der Waals surface area contributed by atoms with Gasteiger partial charge in [-0.25, -0.2) is 8.42 Å². The third-order valence-electron chi connectivity index (χ3n) is 5.26. The quantitative estimate of drug-likeness (QED) is 0.820.